The SMILES string of the molecule is CCC(C)C(=O)[O-].[K+]. The number of carbonyl (C=O) groups is 1. The average Bonchev–Trinajstić information content (AvgIpc) is 1.65. The molecule has 0 N–H and O–H groups in total. The third kappa shape index (κ3) is 5.25. The van der Waals surface area contributed by atoms with Crippen LogP contribution in [0.15, 0.2) is 0 Å². The van der Waals surface area contributed by atoms with Gasteiger partial charge in [-0.1, -0.05) is 13.8 Å². The van der Waals surface area contributed by atoms with Crippen LogP contribution in [0.1, 0.15) is 20.3 Å². The van der Waals surface area contributed by atoms with E-state index >= 15 is 0 Å². The van der Waals surface area contributed by atoms with Crippen molar-refractivity contribution in [2.45, 2.75) is 20.3 Å². The van der Waals surface area contributed by atoms with E-state index in [0.717, 1.165) is 0 Å². The van der Waals surface area contributed by atoms with Crippen molar-refractivity contribution >= 4 is 5.97 Å². The Kier molecular flexibility index (Phi) is 9.23. The summed E-state index contributed by atoms with van der Waals surface area (Å²) < 4.78 is 0. The number of carbonyl (C=O) groups excluding carboxylic acids is 1. The molecule has 0 aromatic heterocycles. The number of hydrogen-bond acceptors (Lipinski definition) is 2. The zero-order chi connectivity index (χ0) is 5.86. The van der Waals surface area contributed by atoms with Gasteiger partial charge in [-0.15, -0.1) is 0 Å². The van der Waals surface area contributed by atoms with Gasteiger partial charge in [-0.05, 0) is 12.3 Å². The van der Waals surface area contributed by atoms with Crippen LogP contribution in [0.5, 0.6) is 0 Å². The smallest absolute Gasteiger partial charge is 0.550 e. The van der Waals surface area contributed by atoms with E-state index in [0.29, 0.717) is 6.42 Å². The van der Waals surface area contributed by atoms with Gasteiger partial charge in [0.2, 0.25) is 0 Å². The van der Waals surface area contributed by atoms with Crippen LogP contribution in [0, 0.1) is 5.92 Å². The van der Waals surface area contributed by atoms with Crippen molar-refractivity contribution in [1.82, 2.24) is 0 Å². The maximum absolute atomic E-state index is 9.82. The van der Waals surface area contributed by atoms with Gasteiger partial charge in [0.1, 0.15) is 0 Å². The van der Waals surface area contributed by atoms with Crippen LogP contribution in [0.4, 0.5) is 0 Å². The molecule has 0 amide bonds. The Morgan fingerprint density at radius 3 is 2.12 bits per heavy atom. The Balaban J connectivity index is 0. The van der Waals surface area contributed by atoms with E-state index in [-0.39, 0.29) is 57.3 Å². The fourth-order valence-corrected chi connectivity index (χ4v) is 0.167. The first-order valence-corrected chi connectivity index (χ1v) is 2.39. The summed E-state index contributed by atoms with van der Waals surface area (Å²) in [6.07, 6.45) is 0.655. The van der Waals surface area contributed by atoms with Crippen molar-refractivity contribution in [1.29, 1.82) is 0 Å². The summed E-state index contributed by atoms with van der Waals surface area (Å²) in [5.41, 5.74) is 0. The van der Waals surface area contributed by atoms with Crippen molar-refractivity contribution < 1.29 is 61.3 Å². The molecule has 0 saturated carbocycles. The average molecular weight is 140 g/mol. The fraction of sp³-hybridized carbons (Fsp3) is 0.800. The van der Waals surface area contributed by atoms with Crippen LogP contribution in [0.2, 0.25) is 0 Å². The van der Waals surface area contributed by atoms with Gasteiger partial charge < -0.3 is 9.90 Å². The van der Waals surface area contributed by atoms with Crippen LogP contribution >= 0.6 is 0 Å². The van der Waals surface area contributed by atoms with E-state index < -0.39 is 5.97 Å². The van der Waals surface area contributed by atoms with Gasteiger partial charge in [-0.3, -0.25) is 0 Å². The number of hydrogen-bond donors (Lipinski definition) is 0. The number of carboxylic acid groups (broad SMARTS) is 1. The molecule has 0 spiro atoms. The Morgan fingerprint density at radius 2 is 2.12 bits per heavy atom. The summed E-state index contributed by atoms with van der Waals surface area (Å²) in [5.74, 6) is -1.25. The molecule has 0 aromatic carbocycles. The van der Waals surface area contributed by atoms with Gasteiger partial charge in [-0.25, -0.2) is 0 Å². The molecule has 0 bridgehead atoms. The maximum Gasteiger partial charge on any atom is 1.00 e. The molecular formula is C5H9KO2. The molecule has 0 aliphatic rings. The molecular weight excluding hydrogens is 131 g/mol. The quantitative estimate of drug-likeness (QED) is 0.379. The van der Waals surface area contributed by atoms with E-state index in [4.69, 9.17) is 0 Å². The molecule has 8 heavy (non-hydrogen) atoms. The molecule has 3 heteroatoms. The zero-order valence-corrected chi connectivity index (χ0v) is 8.72. The van der Waals surface area contributed by atoms with Crippen LogP contribution in [-0.2, 0) is 4.79 Å². The largest absolute Gasteiger partial charge is 1.00 e. The number of carboxylic acids is 1. The third-order valence-corrected chi connectivity index (χ3v) is 1.01. The summed E-state index contributed by atoms with van der Waals surface area (Å²) >= 11 is 0. The summed E-state index contributed by atoms with van der Waals surface area (Å²) in [4.78, 5) is 9.82. The summed E-state index contributed by atoms with van der Waals surface area (Å²) in [6.45, 7) is 3.45. The van der Waals surface area contributed by atoms with Gasteiger partial charge in [0.05, 0.1) is 0 Å². The van der Waals surface area contributed by atoms with Crippen LogP contribution in [0.3, 0.4) is 0 Å². The minimum absolute atomic E-state index is 0. The topological polar surface area (TPSA) is 40.1 Å². The molecule has 0 rings (SSSR count). The molecule has 2 nitrogen and oxygen atoms in total. The van der Waals surface area contributed by atoms with Crippen LogP contribution in [-0.4, -0.2) is 5.97 Å². The second-order valence-electron chi connectivity index (χ2n) is 1.63. The summed E-state index contributed by atoms with van der Waals surface area (Å²) in [6, 6.07) is 0. The maximum atomic E-state index is 9.82. The van der Waals surface area contributed by atoms with Crippen LogP contribution < -0.4 is 56.5 Å². The van der Waals surface area contributed by atoms with Crippen molar-refractivity contribution in [3.63, 3.8) is 0 Å². The molecule has 0 saturated heterocycles. The zero-order valence-electron chi connectivity index (χ0n) is 5.60. The minimum Gasteiger partial charge on any atom is -0.550 e. The Morgan fingerprint density at radius 1 is 1.75 bits per heavy atom. The molecule has 0 aliphatic carbocycles. The standard InChI is InChI=1S/C5H10O2.K/c1-3-4(2)5(6)7;/h4H,3H2,1-2H3,(H,6,7);/q;+1/p-1. The van der Waals surface area contributed by atoms with E-state index in [1.807, 2.05) is 6.92 Å². The molecule has 0 aliphatic heterocycles. The van der Waals surface area contributed by atoms with E-state index in [1.54, 1.807) is 6.92 Å². The second kappa shape index (κ2) is 6.23. The Hall–Kier alpha value is 1.11. The van der Waals surface area contributed by atoms with Gasteiger partial charge in [0.15, 0.2) is 0 Å². The first kappa shape index (κ1) is 11.8. The Labute approximate surface area is 92.1 Å². The Bertz CT molecular complexity index is 72.8. The molecule has 0 heterocycles. The normalized spacial score (nSPS) is 11.8. The van der Waals surface area contributed by atoms with Crippen molar-refractivity contribution in [2.75, 3.05) is 0 Å². The van der Waals surface area contributed by atoms with E-state index in [1.165, 1.54) is 0 Å². The number of rotatable bonds is 2. The summed E-state index contributed by atoms with van der Waals surface area (Å²) in [5, 5.41) is 9.82. The van der Waals surface area contributed by atoms with Crippen molar-refractivity contribution in [2.24, 2.45) is 5.92 Å². The molecule has 0 fully saturated rings. The van der Waals surface area contributed by atoms with Gasteiger partial charge in [-0.2, -0.15) is 0 Å². The van der Waals surface area contributed by atoms with Gasteiger partial charge >= 0.3 is 51.4 Å². The monoisotopic (exact) mass is 140 g/mol. The molecule has 0 aromatic rings. The molecule has 0 radical (unpaired) electrons. The van der Waals surface area contributed by atoms with Crippen molar-refractivity contribution in [3.05, 3.63) is 0 Å². The van der Waals surface area contributed by atoms with Gasteiger partial charge in [0, 0.05) is 5.97 Å². The van der Waals surface area contributed by atoms with E-state index in [9.17, 15) is 9.90 Å². The first-order valence-electron chi connectivity index (χ1n) is 2.39. The minimum atomic E-state index is -0.956. The van der Waals surface area contributed by atoms with Crippen LogP contribution in [0.25, 0.3) is 0 Å². The number of aliphatic carboxylic acids is 1. The summed E-state index contributed by atoms with van der Waals surface area (Å²) in [7, 11) is 0. The molecule has 42 valence electrons. The third-order valence-electron chi connectivity index (χ3n) is 1.01. The predicted octanol–water partition coefficient (Wildman–Crippen LogP) is -3.21. The van der Waals surface area contributed by atoms with Gasteiger partial charge in [0.25, 0.3) is 0 Å². The molecule has 1 unspecified atom stereocenters. The molecule has 1 atom stereocenters. The predicted molar refractivity (Wildman–Crippen MR) is 24.5 cm³/mol. The van der Waals surface area contributed by atoms with Crippen molar-refractivity contribution in [3.8, 4) is 0 Å². The second-order valence-corrected chi connectivity index (χ2v) is 1.63. The van der Waals surface area contributed by atoms with E-state index in [2.05, 4.69) is 0 Å². The first-order chi connectivity index (χ1) is 3.18. The fourth-order valence-electron chi connectivity index (χ4n) is 0.167.